The van der Waals surface area contributed by atoms with E-state index in [1.807, 2.05) is 19.9 Å². The molecule has 0 saturated carbocycles. The van der Waals surface area contributed by atoms with Gasteiger partial charge in [0.15, 0.2) is 0 Å². The highest BCUT2D eigenvalue weighted by Crippen LogP contribution is 2.22. The van der Waals surface area contributed by atoms with E-state index in [-0.39, 0.29) is 0 Å². The van der Waals surface area contributed by atoms with E-state index in [0.717, 1.165) is 17.5 Å². The first-order valence-electron chi connectivity index (χ1n) is 4.14. The fraction of sp³-hybridized carbons (Fsp3) is 0.300. The molecule has 13 heavy (non-hydrogen) atoms. The first-order valence-corrected chi connectivity index (χ1v) is 4.14. The maximum Gasteiger partial charge on any atom is 0.511 e. The molecule has 1 aromatic rings. The number of carbonyl (C=O) groups is 1. The van der Waals surface area contributed by atoms with Crippen LogP contribution in [0.5, 0.6) is 5.75 Å². The number of rotatable bonds is 2. The average molecular weight is 180 g/mol. The van der Waals surface area contributed by atoms with Crippen LogP contribution in [0, 0.1) is 6.92 Å². The lowest BCUT2D eigenvalue weighted by Gasteiger charge is -2.08. The van der Waals surface area contributed by atoms with Crippen molar-refractivity contribution in [3.63, 3.8) is 0 Å². The Morgan fingerprint density at radius 3 is 2.77 bits per heavy atom. The van der Waals surface area contributed by atoms with Gasteiger partial charge < -0.3 is 9.84 Å². The summed E-state index contributed by atoms with van der Waals surface area (Å²) in [5.74, 6) is 0.440. The van der Waals surface area contributed by atoms with Gasteiger partial charge >= 0.3 is 6.16 Å². The lowest BCUT2D eigenvalue weighted by atomic mass is 10.1. The van der Waals surface area contributed by atoms with Gasteiger partial charge in [-0.25, -0.2) is 4.79 Å². The fourth-order valence-corrected chi connectivity index (χ4v) is 1.32. The van der Waals surface area contributed by atoms with E-state index >= 15 is 0 Å². The molecule has 1 N–H and O–H groups in total. The highest BCUT2D eigenvalue weighted by atomic mass is 16.7. The summed E-state index contributed by atoms with van der Waals surface area (Å²) in [5.41, 5.74) is 2.01. The molecule has 0 bridgehead atoms. The Morgan fingerprint density at radius 1 is 1.54 bits per heavy atom. The van der Waals surface area contributed by atoms with E-state index in [1.54, 1.807) is 12.1 Å². The molecule has 0 fully saturated rings. The lowest BCUT2D eigenvalue weighted by Crippen LogP contribution is -2.05. The number of hydrogen-bond donors (Lipinski definition) is 1. The number of ether oxygens (including phenoxy) is 1. The zero-order chi connectivity index (χ0) is 9.84. The summed E-state index contributed by atoms with van der Waals surface area (Å²) in [6.45, 7) is 3.91. The van der Waals surface area contributed by atoms with Crippen molar-refractivity contribution >= 4 is 6.16 Å². The molecule has 0 atom stereocenters. The molecule has 70 valence electrons. The summed E-state index contributed by atoms with van der Waals surface area (Å²) < 4.78 is 4.63. The SMILES string of the molecule is CCc1c(C)cccc1OC(=O)O. The predicted molar refractivity (Wildman–Crippen MR) is 49.2 cm³/mol. The fourth-order valence-electron chi connectivity index (χ4n) is 1.32. The Morgan fingerprint density at radius 2 is 2.23 bits per heavy atom. The lowest BCUT2D eigenvalue weighted by molar-refractivity contribution is 0.144. The summed E-state index contributed by atoms with van der Waals surface area (Å²) >= 11 is 0. The van der Waals surface area contributed by atoms with Crippen molar-refractivity contribution in [1.82, 2.24) is 0 Å². The Labute approximate surface area is 77.0 Å². The highest BCUT2D eigenvalue weighted by molar-refractivity contribution is 5.62. The molecule has 3 heteroatoms. The minimum Gasteiger partial charge on any atom is -0.449 e. The zero-order valence-corrected chi connectivity index (χ0v) is 7.70. The smallest absolute Gasteiger partial charge is 0.449 e. The van der Waals surface area contributed by atoms with Crippen molar-refractivity contribution in [3.05, 3.63) is 29.3 Å². The standard InChI is InChI=1S/C10H12O3/c1-3-8-7(2)5-4-6-9(8)13-10(11)12/h4-6H,3H2,1-2H3,(H,11,12). The molecular formula is C10H12O3. The molecular weight excluding hydrogens is 168 g/mol. The van der Waals surface area contributed by atoms with Crippen LogP contribution >= 0.6 is 0 Å². The monoisotopic (exact) mass is 180 g/mol. The van der Waals surface area contributed by atoms with Crippen LogP contribution in [0.15, 0.2) is 18.2 Å². The van der Waals surface area contributed by atoms with Crippen molar-refractivity contribution in [2.75, 3.05) is 0 Å². The van der Waals surface area contributed by atoms with Gasteiger partial charge in [-0.05, 0) is 30.5 Å². The van der Waals surface area contributed by atoms with Gasteiger partial charge in [0.1, 0.15) is 5.75 Å². The van der Waals surface area contributed by atoms with Crippen LogP contribution < -0.4 is 4.74 Å². The van der Waals surface area contributed by atoms with Gasteiger partial charge in [0.2, 0.25) is 0 Å². The van der Waals surface area contributed by atoms with E-state index in [9.17, 15) is 4.79 Å². The topological polar surface area (TPSA) is 46.5 Å². The van der Waals surface area contributed by atoms with Gasteiger partial charge in [0.05, 0.1) is 0 Å². The van der Waals surface area contributed by atoms with E-state index in [4.69, 9.17) is 5.11 Å². The van der Waals surface area contributed by atoms with E-state index < -0.39 is 6.16 Å². The van der Waals surface area contributed by atoms with E-state index in [2.05, 4.69) is 4.74 Å². The first kappa shape index (κ1) is 9.58. The predicted octanol–water partition coefficient (Wildman–Crippen LogP) is 2.61. The van der Waals surface area contributed by atoms with Crippen LogP contribution in [0.4, 0.5) is 4.79 Å². The van der Waals surface area contributed by atoms with Crippen molar-refractivity contribution < 1.29 is 14.6 Å². The van der Waals surface area contributed by atoms with Gasteiger partial charge in [0.25, 0.3) is 0 Å². The van der Waals surface area contributed by atoms with Gasteiger partial charge in [-0.2, -0.15) is 0 Å². The number of benzene rings is 1. The van der Waals surface area contributed by atoms with Crippen molar-refractivity contribution in [2.24, 2.45) is 0 Å². The van der Waals surface area contributed by atoms with Crippen LogP contribution in [0.3, 0.4) is 0 Å². The van der Waals surface area contributed by atoms with Gasteiger partial charge in [-0.3, -0.25) is 0 Å². The molecule has 1 rings (SSSR count). The highest BCUT2D eigenvalue weighted by Gasteiger charge is 2.07. The molecule has 0 heterocycles. The third-order valence-corrected chi connectivity index (χ3v) is 1.92. The Balaban J connectivity index is 3.05. The van der Waals surface area contributed by atoms with E-state index in [0.29, 0.717) is 5.75 Å². The molecule has 1 aromatic carbocycles. The average Bonchev–Trinajstić information content (AvgIpc) is 2.03. The van der Waals surface area contributed by atoms with Gasteiger partial charge in [0, 0.05) is 0 Å². The molecule has 0 unspecified atom stereocenters. The van der Waals surface area contributed by atoms with Crippen molar-refractivity contribution in [3.8, 4) is 5.75 Å². The van der Waals surface area contributed by atoms with Crippen molar-refractivity contribution in [1.29, 1.82) is 0 Å². The molecule has 0 amide bonds. The maximum absolute atomic E-state index is 10.3. The molecule has 0 saturated heterocycles. The summed E-state index contributed by atoms with van der Waals surface area (Å²) in [6, 6.07) is 5.39. The Hall–Kier alpha value is -1.51. The van der Waals surface area contributed by atoms with E-state index in [1.165, 1.54) is 0 Å². The third kappa shape index (κ3) is 2.21. The molecule has 0 spiro atoms. The molecule has 0 radical (unpaired) electrons. The van der Waals surface area contributed by atoms with Crippen LogP contribution in [-0.4, -0.2) is 11.3 Å². The first-order chi connectivity index (χ1) is 6.15. The van der Waals surface area contributed by atoms with Crippen LogP contribution in [0.25, 0.3) is 0 Å². The van der Waals surface area contributed by atoms with Gasteiger partial charge in [-0.15, -0.1) is 0 Å². The number of hydrogen-bond acceptors (Lipinski definition) is 2. The largest absolute Gasteiger partial charge is 0.511 e. The minimum absolute atomic E-state index is 0.440. The second kappa shape index (κ2) is 3.94. The van der Waals surface area contributed by atoms with Crippen LogP contribution in [-0.2, 0) is 6.42 Å². The second-order valence-electron chi connectivity index (χ2n) is 2.77. The molecule has 3 nitrogen and oxygen atoms in total. The van der Waals surface area contributed by atoms with Crippen molar-refractivity contribution in [2.45, 2.75) is 20.3 Å². The van der Waals surface area contributed by atoms with Crippen LogP contribution in [0.1, 0.15) is 18.1 Å². The zero-order valence-electron chi connectivity index (χ0n) is 7.70. The summed E-state index contributed by atoms with van der Waals surface area (Å²) in [7, 11) is 0. The van der Waals surface area contributed by atoms with Crippen LogP contribution in [0.2, 0.25) is 0 Å². The normalized spacial score (nSPS) is 9.69. The Kier molecular flexibility index (Phi) is 2.90. The maximum atomic E-state index is 10.3. The Bertz CT molecular complexity index is 318. The molecule has 0 aromatic heterocycles. The number of aryl methyl sites for hydroxylation is 1. The number of carboxylic acid groups (broad SMARTS) is 1. The quantitative estimate of drug-likeness (QED) is 0.562. The second-order valence-corrected chi connectivity index (χ2v) is 2.77. The molecule has 0 aliphatic rings. The third-order valence-electron chi connectivity index (χ3n) is 1.92. The minimum atomic E-state index is -1.26. The molecule has 0 aliphatic carbocycles. The summed E-state index contributed by atoms with van der Waals surface area (Å²) in [4.78, 5) is 10.3. The molecule has 0 aliphatic heterocycles. The summed E-state index contributed by atoms with van der Waals surface area (Å²) in [6.07, 6.45) is -0.491. The summed E-state index contributed by atoms with van der Waals surface area (Å²) in [5, 5.41) is 8.46. The van der Waals surface area contributed by atoms with Gasteiger partial charge in [-0.1, -0.05) is 19.1 Å².